The van der Waals surface area contributed by atoms with Crippen LogP contribution in [0.2, 0.25) is 0 Å². The van der Waals surface area contributed by atoms with Gasteiger partial charge in [0.25, 0.3) is 0 Å². The largest absolute Gasteiger partial charge is 2.00 e. The van der Waals surface area contributed by atoms with E-state index in [-0.39, 0.29) is 22.7 Å². The second-order valence-electron chi connectivity index (χ2n) is 4.10. The van der Waals surface area contributed by atoms with Crippen LogP contribution in [-0.2, 0) is 26.3 Å². The SMILES string of the molecule is C=C(C)C(=O)OCCC1C=CC=C1.[Co+2].c1cc[cH-]c1. The van der Waals surface area contributed by atoms with E-state index < -0.39 is 0 Å². The molecule has 0 unspecified atom stereocenters. The Morgan fingerprint density at radius 1 is 1.26 bits per heavy atom. The maximum Gasteiger partial charge on any atom is 2.00 e. The van der Waals surface area contributed by atoms with Crippen LogP contribution in [0.5, 0.6) is 0 Å². The molecule has 2 rings (SSSR count). The first-order valence-electron chi connectivity index (χ1n) is 6.04. The molecule has 0 heterocycles. The van der Waals surface area contributed by atoms with Gasteiger partial charge in [0.1, 0.15) is 0 Å². The van der Waals surface area contributed by atoms with E-state index in [2.05, 4.69) is 18.7 Å². The summed E-state index contributed by atoms with van der Waals surface area (Å²) in [6.07, 6.45) is 9.05. The first-order chi connectivity index (χ1) is 8.70. The summed E-state index contributed by atoms with van der Waals surface area (Å²) in [6.45, 7) is 5.62. The minimum Gasteiger partial charge on any atom is -0.462 e. The molecule has 0 amide bonds. The standard InChI is InChI=1S/C11H14O2.C5H5.Co/c1-9(2)11(12)13-8-7-10-5-3-4-6-10;1-2-4-5-3-1;/h3-6,10H,1,7-8H2,2H3;1-5H;/q;-1;+2. The number of rotatable bonds is 4. The van der Waals surface area contributed by atoms with E-state index in [0.717, 1.165) is 6.42 Å². The fraction of sp³-hybridized carbons (Fsp3) is 0.250. The van der Waals surface area contributed by atoms with Gasteiger partial charge in [-0.05, 0) is 19.3 Å². The Morgan fingerprint density at radius 3 is 2.26 bits per heavy atom. The van der Waals surface area contributed by atoms with Gasteiger partial charge < -0.3 is 4.74 Å². The second kappa shape index (κ2) is 10.5. The monoisotopic (exact) mass is 302 g/mol. The molecular weight excluding hydrogens is 283 g/mol. The Balaban J connectivity index is 0.000000454. The Labute approximate surface area is 125 Å². The van der Waals surface area contributed by atoms with Gasteiger partial charge in [0, 0.05) is 5.57 Å². The van der Waals surface area contributed by atoms with Crippen molar-refractivity contribution < 1.29 is 26.3 Å². The molecular formula is C16H19CoO2+. The predicted octanol–water partition coefficient (Wildman–Crippen LogP) is 3.64. The summed E-state index contributed by atoms with van der Waals surface area (Å²) in [5.74, 6) is 0.129. The first-order valence-corrected chi connectivity index (χ1v) is 6.04. The summed E-state index contributed by atoms with van der Waals surface area (Å²) in [7, 11) is 0. The molecule has 1 aromatic rings. The van der Waals surface area contributed by atoms with Crippen molar-refractivity contribution in [3.05, 3.63) is 66.8 Å². The molecule has 0 aromatic heterocycles. The molecule has 0 fully saturated rings. The number of carbonyl (C=O) groups excluding carboxylic acids is 1. The molecule has 0 N–H and O–H groups in total. The zero-order valence-electron chi connectivity index (χ0n) is 11.0. The van der Waals surface area contributed by atoms with Crippen molar-refractivity contribution in [3.63, 3.8) is 0 Å². The number of hydrogen-bond acceptors (Lipinski definition) is 2. The third kappa shape index (κ3) is 8.29. The average Bonchev–Trinajstić information content (AvgIpc) is 3.04. The summed E-state index contributed by atoms with van der Waals surface area (Å²) < 4.78 is 4.96. The predicted molar refractivity (Wildman–Crippen MR) is 74.2 cm³/mol. The van der Waals surface area contributed by atoms with Crippen LogP contribution < -0.4 is 0 Å². The van der Waals surface area contributed by atoms with Crippen molar-refractivity contribution in [2.45, 2.75) is 13.3 Å². The van der Waals surface area contributed by atoms with Gasteiger partial charge >= 0.3 is 22.7 Å². The van der Waals surface area contributed by atoms with E-state index in [4.69, 9.17) is 4.74 Å². The number of hydrogen-bond donors (Lipinski definition) is 0. The van der Waals surface area contributed by atoms with Gasteiger partial charge in [-0.25, -0.2) is 16.9 Å². The topological polar surface area (TPSA) is 26.3 Å². The van der Waals surface area contributed by atoms with Crippen molar-refractivity contribution in [1.29, 1.82) is 0 Å². The molecule has 19 heavy (non-hydrogen) atoms. The molecule has 0 bridgehead atoms. The van der Waals surface area contributed by atoms with E-state index >= 15 is 0 Å². The molecule has 3 heteroatoms. The van der Waals surface area contributed by atoms with Gasteiger partial charge in [-0.2, -0.15) is 18.2 Å². The molecule has 0 saturated carbocycles. The van der Waals surface area contributed by atoms with Crippen LogP contribution in [0.25, 0.3) is 0 Å². The van der Waals surface area contributed by atoms with Crippen LogP contribution in [0.15, 0.2) is 66.8 Å². The van der Waals surface area contributed by atoms with E-state index in [1.807, 2.05) is 42.5 Å². The zero-order valence-corrected chi connectivity index (χ0v) is 12.1. The molecule has 1 radical (unpaired) electrons. The third-order valence-electron chi connectivity index (χ3n) is 2.42. The minimum atomic E-state index is -0.300. The van der Waals surface area contributed by atoms with Crippen molar-refractivity contribution >= 4 is 5.97 Å². The van der Waals surface area contributed by atoms with Crippen LogP contribution in [0, 0.1) is 5.92 Å². The Hall–Kier alpha value is -1.45. The molecule has 0 aliphatic heterocycles. The molecule has 0 atom stereocenters. The average molecular weight is 302 g/mol. The van der Waals surface area contributed by atoms with Gasteiger partial charge in [-0.1, -0.05) is 30.9 Å². The van der Waals surface area contributed by atoms with Crippen molar-refractivity contribution in [2.24, 2.45) is 5.92 Å². The van der Waals surface area contributed by atoms with Crippen LogP contribution >= 0.6 is 0 Å². The van der Waals surface area contributed by atoms with Crippen LogP contribution in [-0.4, -0.2) is 12.6 Å². The molecule has 1 aliphatic carbocycles. The van der Waals surface area contributed by atoms with Gasteiger partial charge in [0.2, 0.25) is 0 Å². The zero-order chi connectivity index (χ0) is 13.2. The van der Waals surface area contributed by atoms with Crippen LogP contribution in [0.3, 0.4) is 0 Å². The Morgan fingerprint density at radius 2 is 1.84 bits per heavy atom. The fourth-order valence-electron chi connectivity index (χ4n) is 1.40. The van der Waals surface area contributed by atoms with Gasteiger partial charge in [-0.3, -0.25) is 0 Å². The molecule has 1 aromatic carbocycles. The molecule has 0 spiro atoms. The normalized spacial score (nSPS) is 12.3. The van der Waals surface area contributed by atoms with Gasteiger partial charge in [0.15, 0.2) is 0 Å². The number of allylic oxidation sites excluding steroid dienone is 4. The Kier molecular flexibility index (Phi) is 9.67. The molecule has 2 nitrogen and oxygen atoms in total. The number of esters is 1. The summed E-state index contributed by atoms with van der Waals surface area (Å²) in [6, 6.07) is 10.0. The number of carbonyl (C=O) groups is 1. The van der Waals surface area contributed by atoms with Crippen molar-refractivity contribution in [2.75, 3.05) is 6.61 Å². The molecule has 0 saturated heterocycles. The summed E-state index contributed by atoms with van der Waals surface area (Å²) in [5, 5.41) is 0. The molecule has 103 valence electrons. The molecule has 1 aliphatic rings. The van der Waals surface area contributed by atoms with E-state index in [1.165, 1.54) is 0 Å². The Bertz CT molecular complexity index is 387. The van der Waals surface area contributed by atoms with E-state index in [1.54, 1.807) is 6.92 Å². The first kappa shape index (κ1) is 17.5. The van der Waals surface area contributed by atoms with Crippen LogP contribution in [0.4, 0.5) is 0 Å². The van der Waals surface area contributed by atoms with Crippen LogP contribution in [0.1, 0.15) is 13.3 Å². The fourth-order valence-corrected chi connectivity index (χ4v) is 1.40. The quantitative estimate of drug-likeness (QED) is 0.482. The smallest absolute Gasteiger partial charge is 0.462 e. The maximum atomic E-state index is 11.0. The van der Waals surface area contributed by atoms with Gasteiger partial charge in [-0.15, -0.1) is 0 Å². The number of ether oxygens (including phenoxy) is 1. The summed E-state index contributed by atoms with van der Waals surface area (Å²) in [4.78, 5) is 11.0. The van der Waals surface area contributed by atoms with E-state index in [9.17, 15) is 4.79 Å². The maximum absolute atomic E-state index is 11.0. The second-order valence-corrected chi connectivity index (χ2v) is 4.10. The summed E-state index contributed by atoms with van der Waals surface area (Å²) in [5.41, 5.74) is 0.456. The van der Waals surface area contributed by atoms with Gasteiger partial charge in [0.05, 0.1) is 6.61 Å². The van der Waals surface area contributed by atoms with E-state index in [0.29, 0.717) is 18.1 Å². The third-order valence-corrected chi connectivity index (χ3v) is 2.42. The van der Waals surface area contributed by atoms with Crippen molar-refractivity contribution in [1.82, 2.24) is 0 Å². The summed E-state index contributed by atoms with van der Waals surface area (Å²) >= 11 is 0. The minimum absolute atomic E-state index is 0. The van der Waals surface area contributed by atoms with Crippen molar-refractivity contribution in [3.8, 4) is 0 Å².